The minimum atomic E-state index is 0.431. The molecule has 0 bridgehead atoms. The number of aromatic nitrogens is 3. The highest BCUT2D eigenvalue weighted by Crippen LogP contribution is 2.39. The summed E-state index contributed by atoms with van der Waals surface area (Å²) in [7, 11) is 0. The van der Waals surface area contributed by atoms with Crippen molar-refractivity contribution in [2.45, 2.75) is 37.8 Å². The molecule has 1 saturated carbocycles. The van der Waals surface area contributed by atoms with Crippen molar-refractivity contribution in [2.24, 2.45) is 0 Å². The molecule has 6 rings (SSSR count). The van der Waals surface area contributed by atoms with E-state index in [-0.39, 0.29) is 0 Å². The Hall–Kier alpha value is -3.42. The minimum absolute atomic E-state index is 0.431. The molecule has 3 N–H and O–H groups in total. The minimum Gasteiger partial charge on any atom is -0.457 e. The van der Waals surface area contributed by atoms with Gasteiger partial charge < -0.3 is 20.4 Å². The molecule has 1 saturated heterocycles. The number of para-hydroxylation sites is 1. The van der Waals surface area contributed by atoms with Gasteiger partial charge >= 0.3 is 0 Å². The van der Waals surface area contributed by atoms with Gasteiger partial charge in [0.05, 0.1) is 5.39 Å². The standard InChI is InChI=1S/C28H32N6O/c29-27-26-25(20-6-12-24(13-7-20)35-23-4-2-1-3-5-23)18-34(28(26)32-19-31-27)22-10-8-21(9-11-22)33-16-14-30-15-17-33/h1-7,12-13,18-19,21-22,30H,8-11,14-17H2,(H2,29,31,32). The molecule has 7 heteroatoms. The molecule has 2 aromatic carbocycles. The molecule has 2 fully saturated rings. The van der Waals surface area contributed by atoms with Crippen LogP contribution in [0.1, 0.15) is 31.7 Å². The van der Waals surface area contributed by atoms with Gasteiger partial charge in [-0.2, -0.15) is 0 Å². The molecule has 0 unspecified atom stereocenters. The summed E-state index contributed by atoms with van der Waals surface area (Å²) >= 11 is 0. The second-order valence-electron chi connectivity index (χ2n) is 9.60. The van der Waals surface area contributed by atoms with Crippen molar-refractivity contribution < 1.29 is 4.74 Å². The number of nitrogens with two attached hydrogens (primary N) is 1. The van der Waals surface area contributed by atoms with Crippen LogP contribution in [-0.4, -0.2) is 51.7 Å². The number of piperazine rings is 1. The van der Waals surface area contributed by atoms with Gasteiger partial charge in [-0.05, 0) is 55.5 Å². The molecule has 35 heavy (non-hydrogen) atoms. The van der Waals surface area contributed by atoms with Gasteiger partial charge in [0.25, 0.3) is 0 Å². The van der Waals surface area contributed by atoms with Crippen LogP contribution in [-0.2, 0) is 0 Å². The first-order valence-corrected chi connectivity index (χ1v) is 12.7. The van der Waals surface area contributed by atoms with E-state index in [1.807, 2.05) is 42.5 Å². The Bertz CT molecular complexity index is 1270. The van der Waals surface area contributed by atoms with E-state index in [0.29, 0.717) is 17.9 Å². The molecule has 0 radical (unpaired) electrons. The molecule has 0 spiro atoms. The Morgan fingerprint density at radius 3 is 2.26 bits per heavy atom. The van der Waals surface area contributed by atoms with Crippen molar-refractivity contribution in [1.29, 1.82) is 0 Å². The lowest BCUT2D eigenvalue weighted by Gasteiger charge is -2.39. The zero-order valence-corrected chi connectivity index (χ0v) is 19.9. The lowest BCUT2D eigenvalue weighted by Crippen LogP contribution is -2.49. The third-order valence-electron chi connectivity index (χ3n) is 7.51. The average molecular weight is 469 g/mol. The number of fused-ring (bicyclic) bond motifs is 1. The number of nitrogens with one attached hydrogen (secondary N) is 1. The predicted octanol–water partition coefficient (Wildman–Crippen LogP) is 4.86. The largest absolute Gasteiger partial charge is 0.457 e. The Morgan fingerprint density at radius 1 is 0.829 bits per heavy atom. The van der Waals surface area contributed by atoms with E-state index in [1.54, 1.807) is 6.33 Å². The van der Waals surface area contributed by atoms with Gasteiger partial charge in [-0.1, -0.05) is 30.3 Å². The summed E-state index contributed by atoms with van der Waals surface area (Å²) < 4.78 is 8.33. The lowest BCUT2D eigenvalue weighted by atomic mass is 9.89. The van der Waals surface area contributed by atoms with Gasteiger partial charge in [-0.25, -0.2) is 9.97 Å². The van der Waals surface area contributed by atoms with E-state index in [9.17, 15) is 0 Å². The van der Waals surface area contributed by atoms with Crippen LogP contribution in [0.15, 0.2) is 67.1 Å². The fraction of sp³-hybridized carbons (Fsp3) is 0.357. The number of ether oxygens (including phenoxy) is 1. The molecule has 4 aromatic rings. The Balaban J connectivity index is 1.26. The van der Waals surface area contributed by atoms with Crippen LogP contribution < -0.4 is 15.8 Å². The van der Waals surface area contributed by atoms with Gasteiger partial charge in [0, 0.05) is 50.0 Å². The number of anilines is 1. The van der Waals surface area contributed by atoms with Crippen LogP contribution in [0.3, 0.4) is 0 Å². The Labute approximate surface area is 205 Å². The fourth-order valence-electron chi connectivity index (χ4n) is 5.68. The van der Waals surface area contributed by atoms with Gasteiger partial charge in [0.15, 0.2) is 0 Å². The summed E-state index contributed by atoms with van der Waals surface area (Å²) in [6, 6.07) is 19.1. The normalized spacial score (nSPS) is 21.3. The van der Waals surface area contributed by atoms with Crippen LogP contribution in [0, 0.1) is 0 Å². The average Bonchev–Trinajstić information content (AvgIpc) is 3.31. The van der Waals surface area contributed by atoms with Crippen LogP contribution in [0.2, 0.25) is 0 Å². The van der Waals surface area contributed by atoms with Crippen molar-refractivity contribution in [3.63, 3.8) is 0 Å². The topological polar surface area (TPSA) is 81.2 Å². The summed E-state index contributed by atoms with van der Waals surface area (Å²) in [5, 5.41) is 4.41. The number of nitrogens with zero attached hydrogens (tertiary/aromatic N) is 4. The SMILES string of the molecule is Nc1ncnc2c1c(-c1ccc(Oc3ccccc3)cc1)cn2C1CCC(N2CCNCC2)CC1. The summed E-state index contributed by atoms with van der Waals surface area (Å²) in [5.41, 5.74) is 9.49. The number of rotatable bonds is 5. The summed E-state index contributed by atoms with van der Waals surface area (Å²) in [6.07, 6.45) is 8.59. The molecule has 2 aliphatic rings. The predicted molar refractivity (Wildman–Crippen MR) is 140 cm³/mol. The van der Waals surface area contributed by atoms with E-state index >= 15 is 0 Å². The van der Waals surface area contributed by atoms with E-state index in [0.717, 1.165) is 59.6 Å². The zero-order chi connectivity index (χ0) is 23.6. The van der Waals surface area contributed by atoms with Crippen LogP contribution in [0.25, 0.3) is 22.2 Å². The Morgan fingerprint density at radius 2 is 1.51 bits per heavy atom. The highest BCUT2D eigenvalue weighted by Gasteiger charge is 2.29. The van der Waals surface area contributed by atoms with Crippen LogP contribution in [0.4, 0.5) is 5.82 Å². The molecule has 0 atom stereocenters. The quantitative estimate of drug-likeness (QED) is 0.435. The number of benzene rings is 2. The highest BCUT2D eigenvalue weighted by atomic mass is 16.5. The van der Waals surface area contributed by atoms with Crippen molar-refractivity contribution in [2.75, 3.05) is 31.9 Å². The van der Waals surface area contributed by atoms with Gasteiger partial charge in [-0.15, -0.1) is 0 Å². The zero-order valence-electron chi connectivity index (χ0n) is 19.9. The molecule has 1 aliphatic carbocycles. The van der Waals surface area contributed by atoms with Crippen molar-refractivity contribution in [3.05, 3.63) is 67.1 Å². The second kappa shape index (κ2) is 9.68. The summed E-state index contributed by atoms with van der Waals surface area (Å²) in [4.78, 5) is 11.7. The summed E-state index contributed by atoms with van der Waals surface area (Å²) in [6.45, 7) is 4.55. The van der Waals surface area contributed by atoms with Crippen molar-refractivity contribution in [1.82, 2.24) is 24.8 Å². The molecule has 0 amide bonds. The van der Waals surface area contributed by atoms with Crippen molar-refractivity contribution >= 4 is 16.9 Å². The molecular weight excluding hydrogens is 436 g/mol. The van der Waals surface area contributed by atoms with Crippen molar-refractivity contribution in [3.8, 4) is 22.6 Å². The van der Waals surface area contributed by atoms with Gasteiger partial charge in [0.2, 0.25) is 0 Å². The summed E-state index contributed by atoms with van der Waals surface area (Å²) in [5.74, 6) is 2.16. The maximum atomic E-state index is 6.39. The molecule has 7 nitrogen and oxygen atoms in total. The van der Waals surface area contributed by atoms with Crippen LogP contribution >= 0.6 is 0 Å². The number of nitrogen functional groups attached to an aromatic ring is 1. The molecule has 1 aliphatic heterocycles. The van der Waals surface area contributed by atoms with E-state index in [4.69, 9.17) is 10.5 Å². The maximum Gasteiger partial charge on any atom is 0.146 e. The first-order chi connectivity index (χ1) is 17.3. The third kappa shape index (κ3) is 4.49. The first-order valence-electron chi connectivity index (χ1n) is 12.7. The highest BCUT2D eigenvalue weighted by molar-refractivity contribution is 6.00. The molecule has 2 aromatic heterocycles. The van der Waals surface area contributed by atoms with Gasteiger partial charge in [-0.3, -0.25) is 4.90 Å². The second-order valence-corrected chi connectivity index (χ2v) is 9.60. The Kier molecular flexibility index (Phi) is 6.10. The monoisotopic (exact) mass is 468 g/mol. The smallest absolute Gasteiger partial charge is 0.146 e. The number of hydrogen-bond donors (Lipinski definition) is 2. The van der Waals surface area contributed by atoms with E-state index in [1.165, 1.54) is 25.9 Å². The lowest BCUT2D eigenvalue weighted by molar-refractivity contribution is 0.124. The first kappa shape index (κ1) is 22.1. The third-order valence-corrected chi connectivity index (χ3v) is 7.51. The van der Waals surface area contributed by atoms with E-state index in [2.05, 4.69) is 43.1 Å². The van der Waals surface area contributed by atoms with Gasteiger partial charge in [0.1, 0.15) is 29.3 Å². The number of hydrogen-bond acceptors (Lipinski definition) is 6. The molecular formula is C28H32N6O. The van der Waals surface area contributed by atoms with E-state index < -0.39 is 0 Å². The molecule has 3 heterocycles. The fourth-order valence-corrected chi connectivity index (χ4v) is 5.68. The maximum absolute atomic E-state index is 6.39. The van der Waals surface area contributed by atoms with Crippen LogP contribution in [0.5, 0.6) is 11.5 Å². The molecule has 180 valence electrons.